The molecule has 64 heavy (non-hydrogen) atoms. The van der Waals surface area contributed by atoms with Crippen LogP contribution in [0.25, 0.3) is 0 Å². The molecule has 0 fully saturated rings. The lowest BCUT2D eigenvalue weighted by Crippen LogP contribution is -2.30. The molecule has 0 spiro atoms. The van der Waals surface area contributed by atoms with Gasteiger partial charge in [0.25, 0.3) is 0 Å². The summed E-state index contributed by atoms with van der Waals surface area (Å²) in [7, 11) is 0. The van der Waals surface area contributed by atoms with Crippen LogP contribution >= 0.6 is 0 Å². The molecule has 0 aromatic rings. The molecule has 0 bridgehead atoms. The minimum atomic E-state index is -0.610. The van der Waals surface area contributed by atoms with Crippen LogP contribution in [-0.4, -0.2) is 37.9 Å². The first-order valence-corrected chi connectivity index (χ1v) is 25.7. The highest BCUT2D eigenvalue weighted by Crippen LogP contribution is 2.11. The van der Waals surface area contributed by atoms with E-state index in [1.54, 1.807) is 0 Å². The Kier molecular flexibility index (Phi) is 50.1. The third-order valence-electron chi connectivity index (χ3n) is 10.2. The second kappa shape index (κ2) is 53.4. The first kappa shape index (κ1) is 60.0. The van der Waals surface area contributed by atoms with E-state index in [0.717, 1.165) is 83.5 Å². The van der Waals surface area contributed by atoms with Gasteiger partial charge in [0, 0.05) is 19.4 Å². The van der Waals surface area contributed by atoms with E-state index in [-0.39, 0.29) is 31.6 Å². The SMILES string of the molecule is CC/C=C\C/C=C\C/C=C\C/C=C\C/C=C\CCCC(=O)OCC(COCCCCCCCCCC/C=C\C/C=C\CCCCC)OC(=O)CC/C=C\C/C=C\C/C=C\C/C=C\CC. The largest absolute Gasteiger partial charge is 0.462 e. The Labute approximate surface area is 394 Å². The van der Waals surface area contributed by atoms with Gasteiger partial charge in [0.2, 0.25) is 0 Å². The van der Waals surface area contributed by atoms with Crippen molar-refractivity contribution in [1.82, 2.24) is 0 Å². The molecule has 0 aromatic carbocycles. The molecule has 0 rings (SSSR count). The summed E-state index contributed by atoms with van der Waals surface area (Å²) in [5.74, 6) is -0.572. The molecular weight excluding hydrogens is 789 g/mol. The number of unbranched alkanes of at least 4 members (excludes halogenated alkanes) is 12. The van der Waals surface area contributed by atoms with Crippen LogP contribution in [0.3, 0.4) is 0 Å². The minimum absolute atomic E-state index is 0.0161. The molecule has 0 amide bonds. The van der Waals surface area contributed by atoms with Crippen LogP contribution in [0.15, 0.2) is 134 Å². The van der Waals surface area contributed by atoms with Gasteiger partial charge in [0.05, 0.1) is 6.61 Å². The van der Waals surface area contributed by atoms with Gasteiger partial charge >= 0.3 is 11.9 Å². The third kappa shape index (κ3) is 50.7. The fourth-order valence-electron chi connectivity index (χ4n) is 6.41. The summed E-state index contributed by atoms with van der Waals surface area (Å²) in [6, 6.07) is 0. The number of rotatable bonds is 45. The lowest BCUT2D eigenvalue weighted by Gasteiger charge is -2.18. The van der Waals surface area contributed by atoms with Crippen molar-refractivity contribution in [2.75, 3.05) is 19.8 Å². The van der Waals surface area contributed by atoms with Crippen molar-refractivity contribution in [2.45, 2.75) is 207 Å². The monoisotopic (exact) mass is 883 g/mol. The highest BCUT2D eigenvalue weighted by Gasteiger charge is 2.17. The molecule has 0 saturated carbocycles. The molecule has 0 N–H and O–H groups in total. The normalized spacial score (nSPS) is 13.4. The molecule has 0 saturated heterocycles. The number of allylic oxidation sites excluding steroid dienone is 22. The third-order valence-corrected chi connectivity index (χ3v) is 10.2. The topological polar surface area (TPSA) is 61.8 Å². The predicted octanol–water partition coefficient (Wildman–Crippen LogP) is 17.6. The number of esters is 2. The number of carbonyl (C=O) groups excluding carboxylic acids is 2. The molecule has 0 heterocycles. The maximum absolute atomic E-state index is 12.8. The average molecular weight is 883 g/mol. The molecule has 1 atom stereocenters. The number of hydrogen-bond acceptors (Lipinski definition) is 5. The van der Waals surface area contributed by atoms with Crippen molar-refractivity contribution in [2.24, 2.45) is 0 Å². The zero-order chi connectivity index (χ0) is 46.3. The van der Waals surface area contributed by atoms with Gasteiger partial charge in [-0.3, -0.25) is 9.59 Å². The Hall–Kier alpha value is -3.96. The van der Waals surface area contributed by atoms with Crippen LogP contribution in [0.1, 0.15) is 201 Å². The van der Waals surface area contributed by atoms with E-state index in [2.05, 4.69) is 148 Å². The average Bonchev–Trinajstić information content (AvgIpc) is 3.30. The van der Waals surface area contributed by atoms with Crippen LogP contribution < -0.4 is 0 Å². The summed E-state index contributed by atoms with van der Waals surface area (Å²) in [5.41, 5.74) is 0. The molecule has 0 aliphatic rings. The Bertz CT molecular complexity index is 1370. The van der Waals surface area contributed by atoms with Crippen molar-refractivity contribution in [3.05, 3.63) is 134 Å². The molecule has 0 aliphatic heterocycles. The standard InChI is InChI=1S/C59H94O5/c1-4-7-10-13-16-19-22-25-27-29-31-33-36-39-42-45-48-51-54-62-55-57(64-59(61)53-50-47-44-41-38-34-24-21-18-15-12-9-6-3)56-63-58(60)52-49-46-43-40-37-35-32-30-28-26-23-20-17-14-11-8-5-2/h8-9,11-12,16-21,25-28,32,34-35,38,40,43-44,47,57H,4-7,10,13-15,22-24,29-31,33,36-37,39,41-42,45-46,48-56H2,1-3H3/b11-8-,12-9-,19-16-,20-17-,21-18-,27-25-,28-26-,35-32-,38-34-,43-40-,47-44-. The zero-order valence-corrected chi connectivity index (χ0v) is 41.2. The second-order valence-electron chi connectivity index (χ2n) is 16.3. The van der Waals surface area contributed by atoms with E-state index in [1.807, 2.05) is 6.08 Å². The quantitative estimate of drug-likeness (QED) is 0.0346. The maximum Gasteiger partial charge on any atom is 0.306 e. The zero-order valence-electron chi connectivity index (χ0n) is 41.2. The molecule has 0 aliphatic carbocycles. The van der Waals surface area contributed by atoms with Gasteiger partial charge < -0.3 is 14.2 Å². The summed E-state index contributed by atoms with van der Waals surface area (Å²) >= 11 is 0. The first-order valence-electron chi connectivity index (χ1n) is 25.7. The number of hydrogen-bond donors (Lipinski definition) is 0. The Morgan fingerprint density at radius 2 is 0.734 bits per heavy atom. The van der Waals surface area contributed by atoms with Gasteiger partial charge in [-0.2, -0.15) is 0 Å². The van der Waals surface area contributed by atoms with Crippen molar-refractivity contribution < 1.29 is 23.8 Å². The van der Waals surface area contributed by atoms with Gasteiger partial charge in [-0.05, 0) is 116 Å². The van der Waals surface area contributed by atoms with E-state index in [4.69, 9.17) is 14.2 Å². The lowest BCUT2D eigenvalue weighted by atomic mass is 10.1. The fraction of sp³-hybridized carbons (Fsp3) is 0.593. The molecule has 360 valence electrons. The summed E-state index contributed by atoms with van der Waals surface area (Å²) in [6.07, 6.45) is 76.2. The van der Waals surface area contributed by atoms with E-state index >= 15 is 0 Å². The predicted molar refractivity (Wildman–Crippen MR) is 278 cm³/mol. The van der Waals surface area contributed by atoms with Gasteiger partial charge in [-0.15, -0.1) is 0 Å². The van der Waals surface area contributed by atoms with Gasteiger partial charge in [0.15, 0.2) is 6.10 Å². The van der Waals surface area contributed by atoms with E-state index < -0.39 is 6.10 Å². The fourth-order valence-corrected chi connectivity index (χ4v) is 6.41. The maximum atomic E-state index is 12.8. The Balaban J connectivity index is 4.46. The van der Waals surface area contributed by atoms with Gasteiger partial charge in [0.1, 0.15) is 6.61 Å². The molecule has 5 nitrogen and oxygen atoms in total. The molecule has 0 radical (unpaired) electrons. The van der Waals surface area contributed by atoms with E-state index in [1.165, 1.54) is 70.6 Å². The Morgan fingerprint density at radius 1 is 0.359 bits per heavy atom. The molecule has 1 unspecified atom stereocenters. The second-order valence-corrected chi connectivity index (χ2v) is 16.3. The van der Waals surface area contributed by atoms with Crippen LogP contribution in [0.5, 0.6) is 0 Å². The summed E-state index contributed by atoms with van der Waals surface area (Å²) in [6.45, 7) is 7.40. The smallest absolute Gasteiger partial charge is 0.306 e. The van der Waals surface area contributed by atoms with Crippen molar-refractivity contribution >= 4 is 11.9 Å². The Morgan fingerprint density at radius 3 is 1.19 bits per heavy atom. The van der Waals surface area contributed by atoms with Crippen molar-refractivity contribution in [3.63, 3.8) is 0 Å². The summed E-state index contributed by atoms with van der Waals surface area (Å²) in [4.78, 5) is 25.3. The molecule has 0 aromatic heterocycles. The van der Waals surface area contributed by atoms with Crippen LogP contribution in [0.4, 0.5) is 0 Å². The minimum Gasteiger partial charge on any atom is -0.462 e. The summed E-state index contributed by atoms with van der Waals surface area (Å²) in [5, 5.41) is 0. The van der Waals surface area contributed by atoms with Gasteiger partial charge in [-0.25, -0.2) is 0 Å². The highest BCUT2D eigenvalue weighted by atomic mass is 16.6. The molecular formula is C59H94O5. The van der Waals surface area contributed by atoms with Crippen LogP contribution in [0.2, 0.25) is 0 Å². The van der Waals surface area contributed by atoms with E-state index in [9.17, 15) is 9.59 Å². The van der Waals surface area contributed by atoms with Gasteiger partial charge in [-0.1, -0.05) is 206 Å². The highest BCUT2D eigenvalue weighted by molar-refractivity contribution is 5.70. The van der Waals surface area contributed by atoms with Crippen LogP contribution in [-0.2, 0) is 23.8 Å². The number of ether oxygens (including phenoxy) is 3. The van der Waals surface area contributed by atoms with Crippen molar-refractivity contribution in [1.29, 1.82) is 0 Å². The molecule has 5 heteroatoms. The summed E-state index contributed by atoms with van der Waals surface area (Å²) < 4.78 is 17.3. The van der Waals surface area contributed by atoms with E-state index in [0.29, 0.717) is 25.9 Å². The first-order chi connectivity index (χ1) is 31.6. The number of carbonyl (C=O) groups is 2. The lowest BCUT2D eigenvalue weighted by molar-refractivity contribution is -0.162. The van der Waals surface area contributed by atoms with Crippen molar-refractivity contribution in [3.8, 4) is 0 Å². The van der Waals surface area contributed by atoms with Crippen LogP contribution in [0, 0.1) is 0 Å².